The Morgan fingerprint density at radius 3 is 2.77 bits per heavy atom. The Hall–Kier alpha value is -1.07. The average Bonchev–Trinajstić information content (AvgIpc) is 2.95. The molecule has 2 aromatic rings. The molecular formula is C16H19Cl2N2OS+. The van der Waals surface area contributed by atoms with E-state index < -0.39 is 0 Å². The van der Waals surface area contributed by atoms with Gasteiger partial charge in [0.05, 0.1) is 18.1 Å². The zero-order chi connectivity index (χ0) is 16.1. The monoisotopic (exact) mass is 357 g/mol. The van der Waals surface area contributed by atoms with Crippen LogP contribution < -0.4 is 10.2 Å². The van der Waals surface area contributed by atoms with Crippen molar-refractivity contribution >= 4 is 40.4 Å². The Bertz CT molecular complexity index is 631. The summed E-state index contributed by atoms with van der Waals surface area (Å²) in [6.07, 6.45) is 0. The van der Waals surface area contributed by atoms with E-state index in [2.05, 4.69) is 5.32 Å². The minimum atomic E-state index is 0.0310. The van der Waals surface area contributed by atoms with Crippen LogP contribution in [0.4, 0.5) is 0 Å². The maximum absolute atomic E-state index is 12.1. The molecule has 1 aromatic carbocycles. The van der Waals surface area contributed by atoms with Gasteiger partial charge >= 0.3 is 0 Å². The van der Waals surface area contributed by atoms with Gasteiger partial charge in [0.1, 0.15) is 6.54 Å². The molecule has 0 saturated heterocycles. The van der Waals surface area contributed by atoms with E-state index in [9.17, 15) is 4.79 Å². The molecular weight excluding hydrogens is 339 g/mol. The highest BCUT2D eigenvalue weighted by molar-refractivity contribution is 7.10. The summed E-state index contributed by atoms with van der Waals surface area (Å²) in [5.41, 5.74) is 0.989. The molecule has 2 atom stereocenters. The first-order chi connectivity index (χ1) is 10.5. The predicted octanol–water partition coefficient (Wildman–Crippen LogP) is 2.95. The van der Waals surface area contributed by atoms with Gasteiger partial charge in [0.25, 0.3) is 5.91 Å². The number of carbonyl (C=O) groups is 1. The predicted molar refractivity (Wildman–Crippen MR) is 92.8 cm³/mol. The summed E-state index contributed by atoms with van der Waals surface area (Å²) < 4.78 is 0. The fourth-order valence-corrected chi connectivity index (χ4v) is 3.44. The van der Waals surface area contributed by atoms with Crippen molar-refractivity contribution in [2.24, 2.45) is 0 Å². The number of amides is 1. The maximum atomic E-state index is 12.1. The molecule has 2 rings (SSSR count). The number of nitrogens with one attached hydrogen (secondary N) is 2. The number of rotatable bonds is 6. The van der Waals surface area contributed by atoms with Crippen molar-refractivity contribution in [3.05, 3.63) is 56.2 Å². The van der Waals surface area contributed by atoms with Crippen LogP contribution in [-0.4, -0.2) is 19.5 Å². The van der Waals surface area contributed by atoms with Crippen molar-refractivity contribution < 1.29 is 9.69 Å². The molecule has 0 radical (unpaired) electrons. The van der Waals surface area contributed by atoms with E-state index in [1.54, 1.807) is 17.4 Å². The molecule has 0 aliphatic heterocycles. The molecule has 0 spiro atoms. The van der Waals surface area contributed by atoms with Gasteiger partial charge in [-0.3, -0.25) is 4.79 Å². The second-order valence-electron chi connectivity index (χ2n) is 5.35. The number of hydrogen-bond donors (Lipinski definition) is 2. The summed E-state index contributed by atoms with van der Waals surface area (Å²) in [6.45, 7) is 3.07. The molecule has 1 unspecified atom stereocenters. The van der Waals surface area contributed by atoms with Crippen LogP contribution in [0.1, 0.15) is 23.4 Å². The fraction of sp³-hybridized carbons (Fsp3) is 0.312. The third kappa shape index (κ3) is 4.99. The smallest absolute Gasteiger partial charge is 0.275 e. The van der Waals surface area contributed by atoms with Crippen LogP contribution in [0, 0.1) is 0 Å². The first-order valence-electron chi connectivity index (χ1n) is 7.03. The Balaban J connectivity index is 1.86. The van der Waals surface area contributed by atoms with E-state index in [4.69, 9.17) is 23.2 Å². The topological polar surface area (TPSA) is 33.5 Å². The summed E-state index contributed by atoms with van der Waals surface area (Å²) in [6, 6.07) is 9.50. The lowest BCUT2D eigenvalue weighted by Gasteiger charge is -2.17. The van der Waals surface area contributed by atoms with Crippen molar-refractivity contribution in [2.75, 3.05) is 13.6 Å². The van der Waals surface area contributed by atoms with E-state index in [0.717, 1.165) is 15.3 Å². The van der Waals surface area contributed by atoms with Gasteiger partial charge in [-0.15, -0.1) is 11.3 Å². The second-order valence-corrected chi connectivity index (χ2v) is 7.17. The quantitative estimate of drug-likeness (QED) is 0.818. The van der Waals surface area contributed by atoms with Gasteiger partial charge in [-0.1, -0.05) is 35.3 Å². The van der Waals surface area contributed by atoms with Crippen molar-refractivity contribution in [1.29, 1.82) is 0 Å². The second kappa shape index (κ2) is 7.97. The number of carbonyl (C=O) groups excluding carboxylic acids is 1. The lowest BCUT2D eigenvalue weighted by Crippen LogP contribution is -3.08. The van der Waals surface area contributed by atoms with Gasteiger partial charge in [0, 0.05) is 15.5 Å². The van der Waals surface area contributed by atoms with E-state index >= 15 is 0 Å². The third-order valence-corrected chi connectivity index (χ3v) is 4.96. The van der Waals surface area contributed by atoms with Crippen LogP contribution in [-0.2, 0) is 11.3 Å². The molecule has 118 valence electrons. The highest BCUT2D eigenvalue weighted by Crippen LogP contribution is 2.20. The zero-order valence-corrected chi connectivity index (χ0v) is 14.9. The van der Waals surface area contributed by atoms with Crippen molar-refractivity contribution in [1.82, 2.24) is 5.32 Å². The minimum absolute atomic E-state index is 0.0310. The molecule has 22 heavy (non-hydrogen) atoms. The van der Waals surface area contributed by atoms with Gasteiger partial charge < -0.3 is 10.2 Å². The van der Waals surface area contributed by atoms with Crippen LogP contribution in [0.5, 0.6) is 0 Å². The number of quaternary nitrogens is 1. The lowest BCUT2D eigenvalue weighted by molar-refractivity contribution is -0.885. The Morgan fingerprint density at radius 1 is 1.36 bits per heavy atom. The van der Waals surface area contributed by atoms with Crippen LogP contribution in [0.15, 0.2) is 35.7 Å². The summed E-state index contributed by atoms with van der Waals surface area (Å²) in [4.78, 5) is 14.3. The maximum Gasteiger partial charge on any atom is 0.275 e. The summed E-state index contributed by atoms with van der Waals surface area (Å²) in [5, 5.41) is 6.29. The number of benzene rings is 1. The van der Waals surface area contributed by atoms with Crippen LogP contribution in [0.3, 0.4) is 0 Å². The first-order valence-corrected chi connectivity index (χ1v) is 8.67. The van der Waals surface area contributed by atoms with Gasteiger partial charge in [-0.2, -0.15) is 0 Å². The SMILES string of the molecule is C[C@H](NC(=O)C[NH+](C)Cc1ccc(Cl)cc1Cl)c1cccs1. The highest BCUT2D eigenvalue weighted by Gasteiger charge is 2.15. The Morgan fingerprint density at radius 2 is 2.14 bits per heavy atom. The Kier molecular flexibility index (Phi) is 6.26. The lowest BCUT2D eigenvalue weighted by atomic mass is 10.2. The van der Waals surface area contributed by atoms with Crippen molar-refractivity contribution in [3.8, 4) is 0 Å². The van der Waals surface area contributed by atoms with Crippen LogP contribution >= 0.6 is 34.5 Å². The van der Waals surface area contributed by atoms with E-state index in [0.29, 0.717) is 23.1 Å². The molecule has 0 aliphatic carbocycles. The molecule has 2 N–H and O–H groups in total. The normalized spacial score (nSPS) is 13.6. The highest BCUT2D eigenvalue weighted by atomic mass is 35.5. The molecule has 3 nitrogen and oxygen atoms in total. The molecule has 1 heterocycles. The first kappa shape index (κ1) is 17.3. The summed E-state index contributed by atoms with van der Waals surface area (Å²) in [7, 11) is 1.97. The van der Waals surface area contributed by atoms with E-state index in [1.807, 2.05) is 43.6 Å². The molecule has 0 bridgehead atoms. The Labute approximate surface area is 144 Å². The van der Waals surface area contributed by atoms with Gasteiger partial charge in [-0.05, 0) is 30.5 Å². The molecule has 0 aliphatic rings. The van der Waals surface area contributed by atoms with Crippen molar-refractivity contribution in [2.45, 2.75) is 19.5 Å². The molecule has 1 aromatic heterocycles. The van der Waals surface area contributed by atoms with Gasteiger partial charge in [0.2, 0.25) is 0 Å². The fourth-order valence-electron chi connectivity index (χ4n) is 2.23. The van der Waals surface area contributed by atoms with Gasteiger partial charge in [-0.25, -0.2) is 0 Å². The molecule has 6 heteroatoms. The average molecular weight is 358 g/mol. The van der Waals surface area contributed by atoms with Crippen molar-refractivity contribution in [3.63, 3.8) is 0 Å². The van der Waals surface area contributed by atoms with Gasteiger partial charge in [0.15, 0.2) is 6.54 Å². The minimum Gasteiger partial charge on any atom is -0.344 e. The standard InChI is InChI=1S/C16H18Cl2N2OS/c1-11(15-4-3-7-22-15)19-16(21)10-20(2)9-12-5-6-13(17)8-14(12)18/h3-8,11H,9-10H2,1-2H3,(H,19,21)/p+1/t11-/m0/s1. The summed E-state index contributed by atoms with van der Waals surface area (Å²) >= 11 is 13.7. The molecule has 0 saturated carbocycles. The van der Waals surface area contributed by atoms with E-state index in [1.165, 1.54) is 0 Å². The molecule has 0 fully saturated rings. The number of likely N-dealkylation sites (N-methyl/N-ethyl adjacent to an activating group) is 1. The number of halogens is 2. The zero-order valence-electron chi connectivity index (χ0n) is 12.5. The number of thiophene rings is 1. The van der Waals surface area contributed by atoms with Crippen LogP contribution in [0.25, 0.3) is 0 Å². The number of hydrogen-bond acceptors (Lipinski definition) is 2. The summed E-state index contributed by atoms with van der Waals surface area (Å²) in [5.74, 6) is 0.0310. The van der Waals surface area contributed by atoms with Crippen LogP contribution in [0.2, 0.25) is 10.0 Å². The third-order valence-electron chi connectivity index (χ3n) is 3.32. The van der Waals surface area contributed by atoms with E-state index in [-0.39, 0.29) is 11.9 Å². The molecule has 1 amide bonds. The largest absolute Gasteiger partial charge is 0.344 e.